The lowest BCUT2D eigenvalue weighted by molar-refractivity contribution is -0.117. The second-order valence-electron chi connectivity index (χ2n) is 7.62. The molecule has 2 amide bonds. The minimum Gasteiger partial charge on any atom is -0.493 e. The van der Waals surface area contributed by atoms with E-state index in [1.807, 2.05) is 19.1 Å². The summed E-state index contributed by atoms with van der Waals surface area (Å²) in [5.74, 6) is 0.709. The van der Waals surface area contributed by atoms with Gasteiger partial charge in [-0.25, -0.2) is 5.01 Å². The van der Waals surface area contributed by atoms with Crippen LogP contribution in [0.2, 0.25) is 5.02 Å². The van der Waals surface area contributed by atoms with E-state index in [0.717, 1.165) is 5.56 Å². The summed E-state index contributed by atoms with van der Waals surface area (Å²) in [5, 5.41) is 1.90. The molecule has 0 spiro atoms. The maximum atomic E-state index is 12.8. The molecule has 1 heterocycles. The van der Waals surface area contributed by atoms with E-state index in [2.05, 4.69) is 21.4 Å². The van der Waals surface area contributed by atoms with E-state index < -0.39 is 11.8 Å². The Morgan fingerprint density at radius 2 is 1.77 bits per heavy atom. The molecule has 3 aromatic carbocycles. The van der Waals surface area contributed by atoms with Crippen molar-refractivity contribution in [1.82, 2.24) is 5.43 Å². The van der Waals surface area contributed by atoms with Crippen LogP contribution < -0.4 is 24.6 Å². The summed E-state index contributed by atoms with van der Waals surface area (Å²) in [7, 11) is 1.52. The number of hydrazine groups is 1. The number of benzene rings is 3. The van der Waals surface area contributed by atoms with E-state index >= 15 is 0 Å². The molecule has 1 aliphatic heterocycles. The van der Waals surface area contributed by atoms with Gasteiger partial charge in [-0.05, 0) is 82.5 Å². The fourth-order valence-corrected chi connectivity index (χ4v) is 4.15. The highest BCUT2D eigenvalue weighted by Gasteiger charge is 2.34. The minimum atomic E-state index is -0.483. The first-order valence-corrected chi connectivity index (χ1v) is 11.9. The van der Waals surface area contributed by atoms with Crippen molar-refractivity contribution in [3.05, 3.63) is 86.9 Å². The monoisotopic (exact) mass is 556 g/mol. The first-order valence-electron chi connectivity index (χ1n) is 10.7. The highest BCUT2D eigenvalue weighted by Crippen LogP contribution is 2.37. The molecule has 0 radical (unpaired) electrons. The van der Waals surface area contributed by atoms with Crippen molar-refractivity contribution in [2.75, 3.05) is 25.3 Å². The van der Waals surface area contributed by atoms with E-state index in [9.17, 15) is 9.59 Å². The molecule has 4 rings (SSSR count). The molecule has 3 aromatic rings. The van der Waals surface area contributed by atoms with Crippen molar-refractivity contribution in [2.45, 2.75) is 6.92 Å². The predicted octanol–water partition coefficient (Wildman–Crippen LogP) is 5.34. The van der Waals surface area contributed by atoms with Crippen LogP contribution in [0.1, 0.15) is 11.1 Å². The van der Waals surface area contributed by atoms with Crippen LogP contribution in [0.25, 0.3) is 6.08 Å². The van der Waals surface area contributed by atoms with Crippen molar-refractivity contribution in [2.24, 2.45) is 0 Å². The van der Waals surface area contributed by atoms with Crippen LogP contribution in [-0.4, -0.2) is 32.1 Å². The Hall–Kier alpha value is -3.49. The van der Waals surface area contributed by atoms with Crippen LogP contribution in [0.15, 0.2) is 70.7 Å². The third-order valence-electron chi connectivity index (χ3n) is 5.20. The van der Waals surface area contributed by atoms with Gasteiger partial charge in [0, 0.05) is 5.02 Å². The Morgan fingerprint density at radius 1 is 1.03 bits per heavy atom. The highest BCUT2D eigenvalue weighted by atomic mass is 79.9. The summed E-state index contributed by atoms with van der Waals surface area (Å²) < 4.78 is 17.7. The van der Waals surface area contributed by atoms with Crippen molar-refractivity contribution in [3.8, 4) is 17.2 Å². The zero-order valence-electron chi connectivity index (χ0n) is 19.0. The Bertz CT molecular complexity index is 1300. The number of halogens is 2. The Balaban J connectivity index is 1.46. The topological polar surface area (TPSA) is 77.1 Å². The SMILES string of the molecule is COc1cc(C=C2C(=O)NN(c3ccccc3)C2=O)cc(Br)c1OCCOc1ccc(Cl)c(C)c1. The number of ether oxygens (including phenoxy) is 3. The fourth-order valence-electron chi connectivity index (χ4n) is 3.46. The van der Waals surface area contributed by atoms with Crippen LogP contribution in [0.5, 0.6) is 17.2 Å². The lowest BCUT2D eigenvalue weighted by Gasteiger charge is -2.14. The summed E-state index contributed by atoms with van der Waals surface area (Å²) in [6.07, 6.45) is 1.52. The maximum Gasteiger partial charge on any atom is 0.282 e. The molecule has 0 bridgehead atoms. The number of rotatable bonds is 8. The molecule has 0 aromatic heterocycles. The zero-order valence-corrected chi connectivity index (χ0v) is 21.4. The molecule has 180 valence electrons. The number of carbonyl (C=O) groups excluding carboxylic acids is 2. The Kier molecular flexibility index (Phi) is 7.63. The Labute approximate surface area is 216 Å². The molecule has 1 saturated heterocycles. The number of aryl methyl sites for hydroxylation is 1. The molecule has 1 N–H and O–H groups in total. The standard InChI is InChI=1S/C26H22BrClN2O5/c1-16-12-19(8-9-22(16)28)34-10-11-35-24-21(27)14-17(15-23(24)33-2)13-20-25(31)29-30(26(20)32)18-6-4-3-5-7-18/h3-9,12-15H,10-11H2,1-2H3,(H,29,31). The predicted molar refractivity (Wildman–Crippen MR) is 138 cm³/mol. The lowest BCUT2D eigenvalue weighted by Crippen LogP contribution is -2.35. The molecule has 1 fully saturated rings. The molecule has 0 saturated carbocycles. The van der Waals surface area contributed by atoms with E-state index in [1.165, 1.54) is 18.2 Å². The smallest absolute Gasteiger partial charge is 0.282 e. The number of hydrogen-bond acceptors (Lipinski definition) is 5. The average Bonchev–Trinajstić information content (AvgIpc) is 3.13. The van der Waals surface area contributed by atoms with Gasteiger partial charge < -0.3 is 14.2 Å². The molecular formula is C26H22BrClN2O5. The number of hydrogen-bond donors (Lipinski definition) is 1. The summed E-state index contributed by atoms with van der Waals surface area (Å²) in [6, 6.07) is 17.8. The molecule has 1 aliphatic rings. The van der Waals surface area contributed by atoms with Gasteiger partial charge in [-0.3, -0.25) is 15.0 Å². The summed E-state index contributed by atoms with van der Waals surface area (Å²) in [5.41, 5.74) is 4.71. The maximum absolute atomic E-state index is 12.8. The van der Waals surface area contributed by atoms with Gasteiger partial charge in [0.1, 0.15) is 24.5 Å². The van der Waals surface area contributed by atoms with Gasteiger partial charge in [-0.15, -0.1) is 0 Å². The third kappa shape index (κ3) is 5.61. The van der Waals surface area contributed by atoms with Gasteiger partial charge in [0.2, 0.25) is 0 Å². The number of para-hydroxylation sites is 1. The van der Waals surface area contributed by atoms with E-state index in [1.54, 1.807) is 48.5 Å². The van der Waals surface area contributed by atoms with Gasteiger partial charge in [0.25, 0.3) is 11.8 Å². The average molecular weight is 558 g/mol. The number of methoxy groups -OCH3 is 1. The van der Waals surface area contributed by atoms with Crippen LogP contribution in [0.3, 0.4) is 0 Å². The van der Waals surface area contributed by atoms with Crippen molar-refractivity contribution >= 4 is 51.1 Å². The quantitative estimate of drug-likeness (QED) is 0.230. The van der Waals surface area contributed by atoms with E-state index in [-0.39, 0.29) is 12.2 Å². The van der Waals surface area contributed by atoms with E-state index in [4.69, 9.17) is 25.8 Å². The minimum absolute atomic E-state index is 0.0168. The molecule has 35 heavy (non-hydrogen) atoms. The normalized spacial score (nSPS) is 14.3. The first kappa shape index (κ1) is 24.6. The van der Waals surface area contributed by atoms with Crippen LogP contribution in [0.4, 0.5) is 5.69 Å². The fraction of sp³-hybridized carbons (Fsp3) is 0.154. The Morgan fingerprint density at radius 3 is 2.49 bits per heavy atom. The molecule has 0 atom stereocenters. The third-order valence-corrected chi connectivity index (χ3v) is 6.21. The lowest BCUT2D eigenvalue weighted by atomic mass is 10.1. The number of anilines is 1. The second kappa shape index (κ2) is 10.8. The van der Waals surface area contributed by atoms with Crippen molar-refractivity contribution < 1.29 is 23.8 Å². The second-order valence-corrected chi connectivity index (χ2v) is 8.88. The number of nitrogens with one attached hydrogen (secondary N) is 1. The summed E-state index contributed by atoms with van der Waals surface area (Å²) in [4.78, 5) is 25.3. The van der Waals surface area contributed by atoms with Crippen LogP contribution in [-0.2, 0) is 9.59 Å². The molecular weight excluding hydrogens is 536 g/mol. The van der Waals surface area contributed by atoms with Crippen molar-refractivity contribution in [1.29, 1.82) is 0 Å². The molecule has 0 unspecified atom stereocenters. The number of amides is 2. The molecule has 0 aliphatic carbocycles. The van der Waals surface area contributed by atoms with Crippen molar-refractivity contribution in [3.63, 3.8) is 0 Å². The summed E-state index contributed by atoms with van der Waals surface area (Å²) >= 11 is 9.54. The van der Waals surface area contributed by atoms with Gasteiger partial charge in [0.05, 0.1) is 17.3 Å². The van der Waals surface area contributed by atoms with Crippen LogP contribution in [0, 0.1) is 6.92 Å². The summed E-state index contributed by atoms with van der Waals surface area (Å²) in [6.45, 7) is 2.49. The number of nitrogens with zero attached hydrogens (tertiary/aromatic N) is 1. The van der Waals surface area contributed by atoms with Crippen LogP contribution >= 0.6 is 27.5 Å². The van der Waals surface area contributed by atoms with Gasteiger partial charge in [-0.2, -0.15) is 0 Å². The molecule has 7 nitrogen and oxygen atoms in total. The first-order chi connectivity index (χ1) is 16.9. The van der Waals surface area contributed by atoms with Gasteiger partial charge in [-0.1, -0.05) is 29.8 Å². The van der Waals surface area contributed by atoms with Gasteiger partial charge >= 0.3 is 0 Å². The number of carbonyl (C=O) groups is 2. The largest absolute Gasteiger partial charge is 0.493 e. The highest BCUT2D eigenvalue weighted by molar-refractivity contribution is 9.10. The van der Waals surface area contributed by atoms with Gasteiger partial charge in [0.15, 0.2) is 11.5 Å². The zero-order chi connectivity index (χ0) is 24.9. The van der Waals surface area contributed by atoms with E-state index in [0.29, 0.717) is 44.6 Å². The molecule has 9 heteroatoms.